The zero-order valence-corrected chi connectivity index (χ0v) is 26.2. The summed E-state index contributed by atoms with van der Waals surface area (Å²) in [6.45, 7) is 10.2. The van der Waals surface area contributed by atoms with Gasteiger partial charge in [0.1, 0.15) is 0 Å². The Labute approximate surface area is 247 Å². The number of unbranched alkanes of at least 4 members (excludes halogenated alkanes) is 15. The van der Waals surface area contributed by atoms with Gasteiger partial charge in [0.2, 0.25) is 0 Å². The van der Waals surface area contributed by atoms with Gasteiger partial charge in [0, 0.05) is 6.61 Å². The lowest BCUT2D eigenvalue weighted by molar-refractivity contribution is -0.0215. The van der Waals surface area contributed by atoms with E-state index in [1.807, 2.05) is 0 Å². The van der Waals surface area contributed by atoms with Crippen molar-refractivity contribution in [2.45, 2.75) is 110 Å². The molecule has 0 aromatic heterocycles. The van der Waals surface area contributed by atoms with Crippen molar-refractivity contribution < 1.29 is 38.3 Å². The fourth-order valence-corrected chi connectivity index (χ4v) is 4.24. The van der Waals surface area contributed by atoms with E-state index in [1.54, 1.807) is 0 Å². The van der Waals surface area contributed by atoms with E-state index < -0.39 is 0 Å². The molecule has 0 aliphatic rings. The van der Waals surface area contributed by atoms with Gasteiger partial charge in [-0.1, -0.05) is 103 Å². The molecule has 0 radical (unpaired) electrons. The van der Waals surface area contributed by atoms with Gasteiger partial charge in [-0.3, -0.25) is 0 Å². The second kappa shape index (κ2) is 38.7. The Hall–Kier alpha value is -0.320. The van der Waals surface area contributed by atoms with Crippen LogP contribution in [0.25, 0.3) is 0 Å². The summed E-state index contributed by atoms with van der Waals surface area (Å²) in [6.07, 6.45) is 22.3. The standard InChI is InChI=1S/C32H66O8/c1-2-3-4-5-6-7-8-9-10-11-12-13-14-15-16-17-19-34-21-23-36-25-27-38-29-31-40-32-30-39-28-26-37-24-22-35-20-18-33/h33H,2-32H2,1H3. The van der Waals surface area contributed by atoms with Gasteiger partial charge in [-0.05, 0) is 6.42 Å². The molecule has 0 aromatic rings. The van der Waals surface area contributed by atoms with Crippen LogP contribution in [0.3, 0.4) is 0 Å². The molecule has 0 spiro atoms. The second-order valence-electron chi connectivity index (χ2n) is 10.3. The summed E-state index contributed by atoms with van der Waals surface area (Å²) in [5.41, 5.74) is 0. The van der Waals surface area contributed by atoms with E-state index in [4.69, 9.17) is 38.3 Å². The van der Waals surface area contributed by atoms with Crippen LogP contribution in [0.15, 0.2) is 0 Å². The van der Waals surface area contributed by atoms with Crippen molar-refractivity contribution in [3.05, 3.63) is 0 Å². The first-order chi connectivity index (χ1) is 19.9. The molecular formula is C32H66O8. The van der Waals surface area contributed by atoms with Crippen molar-refractivity contribution in [3.63, 3.8) is 0 Å². The number of hydrogen-bond donors (Lipinski definition) is 1. The molecule has 0 saturated carbocycles. The maximum Gasteiger partial charge on any atom is 0.0701 e. The maximum atomic E-state index is 8.58. The highest BCUT2D eigenvalue weighted by atomic mass is 16.6. The molecule has 1 N–H and O–H groups in total. The molecular weight excluding hydrogens is 512 g/mol. The largest absolute Gasteiger partial charge is 0.394 e. The maximum absolute atomic E-state index is 8.58. The van der Waals surface area contributed by atoms with Crippen molar-refractivity contribution in [3.8, 4) is 0 Å². The minimum Gasteiger partial charge on any atom is -0.394 e. The van der Waals surface area contributed by atoms with Crippen LogP contribution in [0.5, 0.6) is 0 Å². The van der Waals surface area contributed by atoms with Gasteiger partial charge in [0.15, 0.2) is 0 Å². The third kappa shape index (κ3) is 37.7. The van der Waals surface area contributed by atoms with Gasteiger partial charge < -0.3 is 38.3 Å². The smallest absolute Gasteiger partial charge is 0.0701 e. The first-order valence-electron chi connectivity index (χ1n) is 16.6. The topological polar surface area (TPSA) is 84.8 Å². The SMILES string of the molecule is CCCCCCCCCCCCCCCCCCOCCOCCOCCOCCOCCOCCOCCO. The molecule has 0 unspecified atom stereocenters. The molecule has 0 bridgehead atoms. The van der Waals surface area contributed by atoms with Crippen LogP contribution in [0, 0.1) is 0 Å². The van der Waals surface area contributed by atoms with Crippen LogP contribution in [-0.2, 0) is 33.2 Å². The van der Waals surface area contributed by atoms with E-state index in [0.29, 0.717) is 85.9 Å². The number of aliphatic hydroxyl groups excluding tert-OH is 1. The number of ether oxygens (including phenoxy) is 7. The van der Waals surface area contributed by atoms with E-state index in [-0.39, 0.29) is 6.61 Å². The van der Waals surface area contributed by atoms with Crippen molar-refractivity contribution in [1.29, 1.82) is 0 Å². The van der Waals surface area contributed by atoms with E-state index in [1.165, 1.54) is 96.3 Å². The summed E-state index contributed by atoms with van der Waals surface area (Å²) >= 11 is 0. The average molecular weight is 579 g/mol. The van der Waals surface area contributed by atoms with Crippen molar-refractivity contribution in [2.75, 3.05) is 99.1 Å². The Morgan fingerprint density at radius 3 is 0.775 bits per heavy atom. The zero-order valence-electron chi connectivity index (χ0n) is 26.2. The molecule has 40 heavy (non-hydrogen) atoms. The van der Waals surface area contributed by atoms with Gasteiger partial charge in [-0.25, -0.2) is 0 Å². The quantitative estimate of drug-likeness (QED) is 0.0853. The van der Waals surface area contributed by atoms with Gasteiger partial charge in [-0.15, -0.1) is 0 Å². The summed E-state index contributed by atoms with van der Waals surface area (Å²) in [5, 5.41) is 8.58. The van der Waals surface area contributed by atoms with Crippen LogP contribution >= 0.6 is 0 Å². The van der Waals surface area contributed by atoms with Crippen molar-refractivity contribution >= 4 is 0 Å². The monoisotopic (exact) mass is 578 g/mol. The van der Waals surface area contributed by atoms with Gasteiger partial charge >= 0.3 is 0 Å². The first kappa shape index (κ1) is 39.7. The molecule has 0 aliphatic carbocycles. The van der Waals surface area contributed by atoms with Crippen molar-refractivity contribution in [1.82, 2.24) is 0 Å². The molecule has 0 aliphatic heterocycles. The molecule has 0 amide bonds. The Morgan fingerprint density at radius 2 is 0.500 bits per heavy atom. The molecule has 242 valence electrons. The van der Waals surface area contributed by atoms with Crippen LogP contribution < -0.4 is 0 Å². The Morgan fingerprint density at radius 1 is 0.275 bits per heavy atom. The normalized spacial score (nSPS) is 11.6. The van der Waals surface area contributed by atoms with E-state index >= 15 is 0 Å². The van der Waals surface area contributed by atoms with Gasteiger partial charge in [-0.2, -0.15) is 0 Å². The molecule has 8 nitrogen and oxygen atoms in total. The minimum atomic E-state index is 0.0387. The van der Waals surface area contributed by atoms with Crippen LogP contribution in [0.1, 0.15) is 110 Å². The molecule has 8 heteroatoms. The predicted molar refractivity (Wildman–Crippen MR) is 162 cm³/mol. The van der Waals surface area contributed by atoms with E-state index in [0.717, 1.165) is 13.0 Å². The zero-order chi connectivity index (χ0) is 28.9. The molecule has 0 heterocycles. The number of hydrogen-bond acceptors (Lipinski definition) is 8. The average Bonchev–Trinajstić information content (AvgIpc) is 2.97. The third-order valence-electron chi connectivity index (χ3n) is 6.61. The molecule has 0 atom stereocenters. The summed E-state index contributed by atoms with van der Waals surface area (Å²) < 4.78 is 38.0. The molecule has 0 rings (SSSR count). The Bertz CT molecular complexity index is 390. The van der Waals surface area contributed by atoms with Crippen LogP contribution in [0.4, 0.5) is 0 Å². The summed E-state index contributed by atoms with van der Waals surface area (Å²) in [4.78, 5) is 0. The second-order valence-corrected chi connectivity index (χ2v) is 10.3. The highest BCUT2D eigenvalue weighted by molar-refractivity contribution is 4.50. The lowest BCUT2D eigenvalue weighted by Crippen LogP contribution is -2.14. The lowest BCUT2D eigenvalue weighted by atomic mass is 10.0. The van der Waals surface area contributed by atoms with Gasteiger partial charge in [0.05, 0.1) is 92.5 Å². The summed E-state index contributed by atoms with van der Waals surface area (Å²) in [6, 6.07) is 0. The predicted octanol–water partition coefficient (Wildman–Crippen LogP) is 6.36. The Kier molecular flexibility index (Phi) is 38.4. The fraction of sp³-hybridized carbons (Fsp3) is 1.00. The van der Waals surface area contributed by atoms with E-state index in [2.05, 4.69) is 6.92 Å². The number of rotatable bonds is 37. The summed E-state index contributed by atoms with van der Waals surface area (Å²) in [5.74, 6) is 0. The highest BCUT2D eigenvalue weighted by Gasteiger charge is 1.97. The fourth-order valence-electron chi connectivity index (χ4n) is 4.24. The third-order valence-corrected chi connectivity index (χ3v) is 6.61. The molecule has 0 fully saturated rings. The summed E-state index contributed by atoms with van der Waals surface area (Å²) in [7, 11) is 0. The number of aliphatic hydroxyl groups is 1. The van der Waals surface area contributed by atoms with Crippen LogP contribution in [-0.4, -0.2) is 104 Å². The van der Waals surface area contributed by atoms with E-state index in [9.17, 15) is 0 Å². The first-order valence-corrected chi connectivity index (χ1v) is 16.6. The van der Waals surface area contributed by atoms with Gasteiger partial charge in [0.25, 0.3) is 0 Å². The minimum absolute atomic E-state index is 0.0387. The highest BCUT2D eigenvalue weighted by Crippen LogP contribution is 2.13. The molecule has 0 saturated heterocycles. The lowest BCUT2D eigenvalue weighted by Gasteiger charge is -2.08. The Balaban J connectivity index is 3.01. The van der Waals surface area contributed by atoms with Crippen LogP contribution in [0.2, 0.25) is 0 Å². The molecule has 0 aromatic carbocycles. The van der Waals surface area contributed by atoms with Crippen molar-refractivity contribution in [2.24, 2.45) is 0 Å².